The van der Waals surface area contributed by atoms with Crippen molar-refractivity contribution in [1.82, 2.24) is 0 Å². The molecule has 0 saturated carbocycles. The van der Waals surface area contributed by atoms with Gasteiger partial charge in [-0.15, -0.1) is 0 Å². The van der Waals surface area contributed by atoms with E-state index in [1.807, 2.05) is 27.7 Å². The molecule has 0 radical (unpaired) electrons. The molecule has 2 aliphatic carbocycles. The molecular weight excluding hydrogens is 649 g/mol. The number of carboxylic acid groups (broad SMARTS) is 1. The summed E-state index contributed by atoms with van der Waals surface area (Å²) in [4.78, 5) is 29.5. The Balaban J connectivity index is 1.63. The molecule has 0 aromatic heterocycles. The van der Waals surface area contributed by atoms with Crippen molar-refractivity contribution in [2.75, 3.05) is 16.8 Å². The van der Waals surface area contributed by atoms with Crippen molar-refractivity contribution in [1.29, 1.82) is 0 Å². The third kappa shape index (κ3) is 6.64. The number of aldehydes is 1. The van der Waals surface area contributed by atoms with E-state index in [9.17, 15) is 40.6 Å². The molecule has 6 rings (SSSR count). The number of rotatable bonds is 7. The quantitative estimate of drug-likeness (QED) is 0.233. The van der Waals surface area contributed by atoms with Crippen LogP contribution in [-0.2, 0) is 29.8 Å². The van der Waals surface area contributed by atoms with E-state index in [-0.39, 0.29) is 12.8 Å². The molecule has 0 spiro atoms. The van der Waals surface area contributed by atoms with Crippen molar-refractivity contribution in [2.24, 2.45) is 22.7 Å². The van der Waals surface area contributed by atoms with Crippen molar-refractivity contribution >= 4 is 55.0 Å². The Morgan fingerprint density at radius 1 is 1.09 bits per heavy atom. The predicted molar refractivity (Wildman–Crippen MR) is 176 cm³/mol. The molecule has 14 heteroatoms. The summed E-state index contributed by atoms with van der Waals surface area (Å²) in [6, 6.07) is 3.40. The van der Waals surface area contributed by atoms with Crippen LogP contribution in [0.1, 0.15) is 58.1 Å². The number of carbonyl (C=O) groups is 2. The van der Waals surface area contributed by atoms with Crippen LogP contribution < -0.4 is 10.1 Å². The van der Waals surface area contributed by atoms with Crippen LogP contribution >= 0.6 is 0 Å². The zero-order valence-electron chi connectivity index (χ0n) is 26.3. The summed E-state index contributed by atoms with van der Waals surface area (Å²) < 4.78 is 74.5. The Kier molecular flexibility index (Phi) is 7.82. The monoisotopic (exact) mass is 684 g/mol. The first-order valence-electron chi connectivity index (χ1n) is 15.1. The molecular formula is C33H36N2O10S2. The third-order valence-electron chi connectivity index (χ3n) is 9.16. The van der Waals surface area contributed by atoms with Gasteiger partial charge in [-0.1, -0.05) is 12.2 Å². The largest absolute Gasteiger partial charge is 0.481 e. The number of aliphatic carboxylic acids is 1. The van der Waals surface area contributed by atoms with Crippen LogP contribution in [-0.4, -0.2) is 71.6 Å². The van der Waals surface area contributed by atoms with Crippen LogP contribution in [0.25, 0.3) is 11.1 Å². The van der Waals surface area contributed by atoms with Crippen LogP contribution in [0.5, 0.6) is 5.75 Å². The van der Waals surface area contributed by atoms with Gasteiger partial charge in [0.25, 0.3) is 20.2 Å². The number of fused-ring (bicyclic) bond motifs is 4. The number of aliphatic imine (C=N–C) groups is 1. The highest BCUT2D eigenvalue weighted by Crippen LogP contribution is 2.53. The molecule has 0 amide bonds. The molecule has 4 N–H and O–H groups in total. The fourth-order valence-electron chi connectivity index (χ4n) is 7.55. The average molecular weight is 685 g/mol. The van der Waals surface area contributed by atoms with Crippen molar-refractivity contribution in [3.63, 3.8) is 0 Å². The van der Waals surface area contributed by atoms with E-state index < -0.39 is 66.5 Å². The van der Waals surface area contributed by atoms with Gasteiger partial charge in [0.2, 0.25) is 0 Å². The summed E-state index contributed by atoms with van der Waals surface area (Å²) in [5, 5.41) is 13.7. The fourth-order valence-corrected chi connectivity index (χ4v) is 9.08. The Morgan fingerprint density at radius 3 is 2.45 bits per heavy atom. The van der Waals surface area contributed by atoms with E-state index in [4.69, 9.17) is 9.73 Å². The van der Waals surface area contributed by atoms with Crippen molar-refractivity contribution < 1.29 is 45.4 Å². The zero-order valence-corrected chi connectivity index (χ0v) is 27.9. The molecule has 3 atom stereocenters. The number of hydrogen-bond acceptors (Lipinski definition) is 9. The number of anilines is 1. The number of ether oxygens (including phenoxy) is 1. The lowest BCUT2D eigenvalue weighted by molar-refractivity contribution is -0.140. The number of allylic oxidation sites excluding steroid dienone is 6. The second-order valence-electron chi connectivity index (χ2n) is 14.0. The molecule has 3 aliphatic heterocycles. The lowest BCUT2D eigenvalue weighted by atomic mass is 9.69. The van der Waals surface area contributed by atoms with Gasteiger partial charge in [-0.2, -0.15) is 16.8 Å². The third-order valence-corrected chi connectivity index (χ3v) is 10.7. The predicted octanol–water partition coefficient (Wildman–Crippen LogP) is 4.50. The Labute approximate surface area is 273 Å². The number of carboxylic acids is 1. The Morgan fingerprint density at radius 2 is 1.81 bits per heavy atom. The van der Waals surface area contributed by atoms with Crippen molar-refractivity contribution in [3.05, 3.63) is 70.0 Å². The maximum Gasteiger partial charge on any atom is 0.311 e. The van der Waals surface area contributed by atoms with Gasteiger partial charge in [0.1, 0.15) is 23.5 Å². The van der Waals surface area contributed by atoms with Gasteiger partial charge in [-0.05, 0) is 81.7 Å². The van der Waals surface area contributed by atoms with Crippen LogP contribution in [0, 0.1) is 17.8 Å². The van der Waals surface area contributed by atoms with E-state index in [0.717, 1.165) is 0 Å². The summed E-state index contributed by atoms with van der Waals surface area (Å²) in [5.41, 5.74) is 2.78. The minimum Gasteiger partial charge on any atom is -0.481 e. The van der Waals surface area contributed by atoms with Crippen LogP contribution in [0.15, 0.2) is 63.9 Å². The molecule has 47 heavy (non-hydrogen) atoms. The number of nitrogens with zero attached hydrogens (tertiary/aromatic N) is 1. The van der Waals surface area contributed by atoms with E-state index in [0.29, 0.717) is 74.6 Å². The second kappa shape index (κ2) is 11.1. The van der Waals surface area contributed by atoms with Gasteiger partial charge in [-0.25, -0.2) is 0 Å². The molecule has 0 bridgehead atoms. The fraction of sp³-hybridized carbons (Fsp3) is 0.424. The number of carbonyl (C=O) groups excluding carboxylic acids is 1. The zero-order chi connectivity index (χ0) is 34.3. The standard InChI is InChI=1S/C33H36N2O10S2/c1-32(2)12-18(15-46(39,40)41)21-8-24-28(10-26(21)34-32)45-29-11-27-22(19(16-47(42,43)44)13-33(3,4)35-27)9-25(29)30(24)23-7-17(14-36)5-6-20(23)31(37)38/h5,7-8,10-12,14,19-20,22,34H,6,9,13,15-16H2,1-4H3,(H,37,38)(H,39,40,41)(H,42,43,44). The first kappa shape index (κ1) is 33.1. The molecule has 1 aromatic carbocycles. The first-order chi connectivity index (χ1) is 21.7. The van der Waals surface area contributed by atoms with Gasteiger partial charge in [0.05, 0.1) is 22.7 Å². The summed E-state index contributed by atoms with van der Waals surface area (Å²) in [6.45, 7) is 7.46. The van der Waals surface area contributed by atoms with E-state index in [1.165, 1.54) is 6.08 Å². The van der Waals surface area contributed by atoms with Crippen molar-refractivity contribution in [2.45, 2.75) is 58.0 Å². The molecule has 3 unspecified atom stereocenters. The second-order valence-corrected chi connectivity index (χ2v) is 17.0. The highest BCUT2D eigenvalue weighted by Gasteiger charge is 2.44. The van der Waals surface area contributed by atoms with Gasteiger partial charge in [-0.3, -0.25) is 23.7 Å². The Hall–Kier alpha value is -3.85. The van der Waals surface area contributed by atoms with Crippen LogP contribution in [0.3, 0.4) is 0 Å². The maximum atomic E-state index is 12.6. The highest BCUT2D eigenvalue weighted by molar-refractivity contribution is 7.86. The molecule has 12 nitrogen and oxygen atoms in total. The normalized spacial score (nSPS) is 25.9. The summed E-state index contributed by atoms with van der Waals surface area (Å²) in [6.07, 6.45) is 7.80. The molecule has 1 aromatic rings. The topological polar surface area (TPSA) is 197 Å². The summed E-state index contributed by atoms with van der Waals surface area (Å²) >= 11 is 0. The van der Waals surface area contributed by atoms with Gasteiger partial charge in [0, 0.05) is 51.7 Å². The Bertz CT molecular complexity index is 2030. The average Bonchev–Trinajstić information content (AvgIpc) is 2.91. The molecule has 0 fully saturated rings. The minimum absolute atomic E-state index is 0.0472. The molecule has 3 heterocycles. The molecule has 0 saturated heterocycles. The maximum absolute atomic E-state index is 12.6. The highest BCUT2D eigenvalue weighted by atomic mass is 32.2. The van der Waals surface area contributed by atoms with Crippen molar-refractivity contribution in [3.8, 4) is 5.75 Å². The van der Waals surface area contributed by atoms with E-state index in [2.05, 4.69) is 5.32 Å². The number of benzene rings is 1. The van der Waals surface area contributed by atoms with E-state index >= 15 is 0 Å². The van der Waals surface area contributed by atoms with Gasteiger partial charge >= 0.3 is 5.97 Å². The molecule has 250 valence electrons. The lowest BCUT2D eigenvalue weighted by Gasteiger charge is -2.42. The lowest BCUT2D eigenvalue weighted by Crippen LogP contribution is -2.42. The van der Waals surface area contributed by atoms with Crippen LogP contribution in [0.2, 0.25) is 0 Å². The van der Waals surface area contributed by atoms with Crippen LogP contribution in [0.4, 0.5) is 5.69 Å². The summed E-state index contributed by atoms with van der Waals surface area (Å²) in [7, 11) is -8.78. The number of hydrogen-bond donors (Lipinski definition) is 4. The number of nitrogens with one attached hydrogen (secondary N) is 1. The smallest absolute Gasteiger partial charge is 0.311 e. The van der Waals surface area contributed by atoms with E-state index in [1.54, 1.807) is 30.4 Å². The summed E-state index contributed by atoms with van der Waals surface area (Å²) in [5.74, 6) is -3.52. The molecule has 5 aliphatic rings. The first-order valence-corrected chi connectivity index (χ1v) is 18.4. The SMILES string of the molecule is CC1(C)CC(CS(=O)(=O)O)C2CC3=C(C4=CC(C=O)=CCC4C(=O)O)c4cc5c(cc4OC3=CC2=N1)NC(C)(C)C=C5CS(=O)(=O)O. The van der Waals surface area contributed by atoms with Gasteiger partial charge in [0.15, 0.2) is 0 Å². The van der Waals surface area contributed by atoms with Gasteiger partial charge < -0.3 is 15.2 Å². The minimum atomic E-state index is -4.43.